The summed E-state index contributed by atoms with van der Waals surface area (Å²) >= 11 is 0. The molecule has 0 fully saturated rings. The monoisotopic (exact) mass is 475 g/mol. The van der Waals surface area contributed by atoms with Crippen molar-refractivity contribution in [1.29, 1.82) is 0 Å². The van der Waals surface area contributed by atoms with Crippen molar-refractivity contribution < 1.29 is 31.0 Å². The van der Waals surface area contributed by atoms with Crippen molar-refractivity contribution in [1.82, 2.24) is 4.90 Å². The van der Waals surface area contributed by atoms with Crippen molar-refractivity contribution in [3.63, 3.8) is 0 Å². The molecule has 0 aromatic carbocycles. The molecule has 1 unspecified atom stereocenters. The first kappa shape index (κ1) is 28.4. The highest BCUT2D eigenvalue weighted by molar-refractivity contribution is 7.85. The highest BCUT2D eigenvalue weighted by atomic mass is 32.2. The smallest absolute Gasteiger partial charge is 0.314 e. The van der Waals surface area contributed by atoms with Gasteiger partial charge in [-0.2, -0.15) is 8.42 Å². The second-order valence-electron chi connectivity index (χ2n) is 9.44. The van der Waals surface area contributed by atoms with Crippen LogP contribution in [0.2, 0.25) is 51.9 Å². The van der Waals surface area contributed by atoms with Crippen LogP contribution in [0.4, 0.5) is 0 Å². The Morgan fingerprint density at radius 1 is 1.00 bits per heavy atom. The van der Waals surface area contributed by atoms with Crippen molar-refractivity contribution in [2.24, 2.45) is 0 Å². The van der Waals surface area contributed by atoms with Gasteiger partial charge in [0.2, 0.25) is 0 Å². The summed E-state index contributed by atoms with van der Waals surface area (Å²) in [5, 5.41) is 10.0. The van der Waals surface area contributed by atoms with Gasteiger partial charge in [-0.3, -0.25) is 4.55 Å². The topological polar surface area (TPSA) is 106 Å². The maximum absolute atomic E-state index is 10.7. The fraction of sp³-hybridized carbons (Fsp3) is 1.00. The molecule has 0 spiro atoms. The molecule has 0 saturated carbocycles. The third-order valence-corrected chi connectivity index (χ3v) is 13.8. The number of aliphatic hydroxyl groups is 1. The molecule has 0 radical (unpaired) electrons. The van der Waals surface area contributed by atoms with E-state index in [-0.39, 0.29) is 25.4 Å². The van der Waals surface area contributed by atoms with Crippen LogP contribution in [0, 0.1) is 0 Å². The lowest BCUT2D eigenvalue weighted by molar-refractivity contribution is 0.0215. The first-order valence-corrected chi connectivity index (χ1v) is 20.7. The van der Waals surface area contributed by atoms with Crippen LogP contribution in [0.15, 0.2) is 0 Å². The normalized spacial score (nSPS) is 15.2. The molecule has 8 nitrogen and oxygen atoms in total. The molecule has 0 heterocycles. The summed E-state index contributed by atoms with van der Waals surface area (Å²) in [6.07, 6.45) is 0.0923. The first-order chi connectivity index (χ1) is 12.4. The van der Waals surface area contributed by atoms with Gasteiger partial charge in [-0.1, -0.05) is 0 Å². The Hall–Kier alpha value is 0.361. The quantitative estimate of drug-likeness (QED) is 0.211. The SMILES string of the molecule is CN(CCS(=O)(=O)O)CC(O)COCCC[Si](C)(O[Si](C)(C)C)O[Si](C)(C)C. The molecule has 1 atom stereocenters. The van der Waals surface area contributed by atoms with E-state index in [2.05, 4.69) is 45.8 Å². The highest BCUT2D eigenvalue weighted by Gasteiger charge is 2.39. The molecule has 12 heteroatoms. The largest absolute Gasteiger partial charge is 0.437 e. The van der Waals surface area contributed by atoms with Crippen LogP contribution >= 0.6 is 0 Å². The number of nitrogens with zero attached hydrogens (tertiary/aromatic N) is 1. The average molecular weight is 476 g/mol. The molecule has 0 amide bonds. The van der Waals surface area contributed by atoms with E-state index in [0.29, 0.717) is 6.61 Å². The Bertz CT molecular complexity index is 533. The van der Waals surface area contributed by atoms with Gasteiger partial charge in [0.25, 0.3) is 10.1 Å². The highest BCUT2D eigenvalue weighted by Crippen LogP contribution is 2.25. The summed E-state index contributed by atoms with van der Waals surface area (Å²) in [6.45, 7) is 16.3. The van der Waals surface area contributed by atoms with Gasteiger partial charge >= 0.3 is 8.56 Å². The molecule has 0 aliphatic heterocycles. The molecular formula is C16H41NO7SSi3. The Kier molecular flexibility index (Phi) is 11.8. The molecular weight excluding hydrogens is 435 g/mol. The molecule has 0 rings (SSSR count). The number of aliphatic hydroxyl groups excluding tert-OH is 1. The molecule has 0 aromatic rings. The van der Waals surface area contributed by atoms with Crippen LogP contribution in [0.1, 0.15) is 6.42 Å². The minimum Gasteiger partial charge on any atom is -0.437 e. The zero-order valence-electron chi connectivity index (χ0n) is 18.8. The van der Waals surface area contributed by atoms with Gasteiger partial charge < -0.3 is 23.0 Å². The molecule has 0 aliphatic carbocycles. The number of rotatable bonds is 15. The fourth-order valence-corrected chi connectivity index (χ4v) is 16.0. The lowest BCUT2D eigenvalue weighted by Crippen LogP contribution is -2.52. The van der Waals surface area contributed by atoms with Crippen molar-refractivity contribution in [3.8, 4) is 0 Å². The van der Waals surface area contributed by atoms with Crippen molar-refractivity contribution >= 4 is 35.3 Å². The van der Waals surface area contributed by atoms with E-state index in [1.165, 1.54) is 0 Å². The van der Waals surface area contributed by atoms with Crippen LogP contribution in [-0.4, -0.2) is 93.4 Å². The minimum atomic E-state index is -3.99. The summed E-state index contributed by atoms with van der Waals surface area (Å²) in [4.78, 5) is 1.65. The first-order valence-electron chi connectivity index (χ1n) is 9.71. The molecule has 170 valence electrons. The average Bonchev–Trinajstić information content (AvgIpc) is 2.39. The Morgan fingerprint density at radius 2 is 1.50 bits per heavy atom. The van der Waals surface area contributed by atoms with Gasteiger partial charge in [-0.05, 0) is 65.3 Å². The van der Waals surface area contributed by atoms with Crippen LogP contribution in [0.3, 0.4) is 0 Å². The fourth-order valence-electron chi connectivity index (χ4n) is 2.91. The van der Waals surface area contributed by atoms with E-state index in [0.717, 1.165) is 12.5 Å². The molecule has 0 bridgehead atoms. The summed E-state index contributed by atoms with van der Waals surface area (Å²) in [5.74, 6) is -0.353. The van der Waals surface area contributed by atoms with E-state index in [4.69, 9.17) is 17.5 Å². The zero-order valence-corrected chi connectivity index (χ0v) is 22.6. The van der Waals surface area contributed by atoms with E-state index < -0.39 is 41.4 Å². The second kappa shape index (κ2) is 11.7. The number of hydrogen-bond acceptors (Lipinski definition) is 7. The lowest BCUT2D eigenvalue weighted by Gasteiger charge is -2.38. The van der Waals surface area contributed by atoms with Crippen molar-refractivity contribution in [2.45, 2.75) is 64.4 Å². The second-order valence-corrected chi connectivity index (χ2v) is 23.9. The number of ether oxygens (including phenoxy) is 1. The maximum atomic E-state index is 10.7. The summed E-state index contributed by atoms with van der Waals surface area (Å²) < 4.78 is 48.7. The Morgan fingerprint density at radius 3 is 1.93 bits per heavy atom. The summed E-state index contributed by atoms with van der Waals surface area (Å²) in [6, 6.07) is 0.853. The minimum absolute atomic E-state index is 0.155. The standard InChI is InChI=1S/C16H41NO7SSi3/c1-17(10-12-25(19,20)21)14-16(18)15-22-11-9-13-28(8,23-26(2,3)4)24-27(5,6)7/h16,18H,9-15H2,1-8H3,(H,19,20,21). The number of likely N-dealkylation sites (N-methyl/N-ethyl adjacent to an activating group) is 1. The van der Waals surface area contributed by atoms with E-state index in [1.54, 1.807) is 11.9 Å². The Labute approximate surface area is 174 Å². The molecule has 0 saturated heterocycles. The van der Waals surface area contributed by atoms with E-state index in [1.807, 2.05) is 0 Å². The molecule has 2 N–H and O–H groups in total. The van der Waals surface area contributed by atoms with Gasteiger partial charge in [-0.25, -0.2) is 0 Å². The van der Waals surface area contributed by atoms with Gasteiger partial charge in [0.15, 0.2) is 16.6 Å². The summed E-state index contributed by atoms with van der Waals surface area (Å²) in [7, 11) is -7.97. The van der Waals surface area contributed by atoms with Gasteiger partial charge in [0.05, 0.1) is 18.5 Å². The number of hydrogen-bond donors (Lipinski definition) is 2. The molecule has 0 aromatic heterocycles. The van der Waals surface area contributed by atoms with Gasteiger partial charge in [0, 0.05) is 19.7 Å². The third-order valence-electron chi connectivity index (χ3n) is 3.53. The van der Waals surface area contributed by atoms with Gasteiger partial charge in [0.1, 0.15) is 0 Å². The van der Waals surface area contributed by atoms with E-state index in [9.17, 15) is 13.5 Å². The predicted molar refractivity (Wildman–Crippen MR) is 121 cm³/mol. The van der Waals surface area contributed by atoms with Crippen LogP contribution in [0.5, 0.6) is 0 Å². The zero-order chi connectivity index (χ0) is 22.2. The third kappa shape index (κ3) is 17.2. The summed E-state index contributed by atoms with van der Waals surface area (Å²) in [5.41, 5.74) is 0. The lowest BCUT2D eigenvalue weighted by atomic mass is 10.3. The van der Waals surface area contributed by atoms with Gasteiger partial charge in [-0.15, -0.1) is 0 Å². The van der Waals surface area contributed by atoms with Crippen LogP contribution in [-0.2, 0) is 23.1 Å². The molecule has 28 heavy (non-hydrogen) atoms. The Balaban J connectivity index is 4.28. The maximum Gasteiger partial charge on any atom is 0.314 e. The van der Waals surface area contributed by atoms with Crippen molar-refractivity contribution in [3.05, 3.63) is 0 Å². The van der Waals surface area contributed by atoms with E-state index >= 15 is 0 Å². The van der Waals surface area contributed by atoms with Crippen LogP contribution in [0.25, 0.3) is 0 Å². The molecule has 0 aliphatic rings. The van der Waals surface area contributed by atoms with Crippen LogP contribution < -0.4 is 0 Å². The van der Waals surface area contributed by atoms with Crippen molar-refractivity contribution in [2.75, 3.05) is 39.1 Å². The predicted octanol–water partition coefficient (Wildman–Crippen LogP) is 2.35.